The Labute approximate surface area is 77.2 Å². The summed E-state index contributed by atoms with van der Waals surface area (Å²) in [6.45, 7) is 10.4. The first-order valence-electron chi connectivity index (χ1n) is 5.10. The van der Waals surface area contributed by atoms with E-state index in [0.717, 1.165) is 12.3 Å². The van der Waals surface area contributed by atoms with Crippen LogP contribution in [0.1, 0.15) is 53.9 Å². The van der Waals surface area contributed by atoms with Crippen molar-refractivity contribution >= 4 is 0 Å². The SMILES string of the molecule is CC[C@@H](C)CC[C@@H](C)C(C)(C)O. The Hall–Kier alpha value is -0.0400. The third kappa shape index (κ3) is 4.76. The Morgan fingerprint density at radius 1 is 1.17 bits per heavy atom. The van der Waals surface area contributed by atoms with Crippen molar-refractivity contribution in [3.8, 4) is 0 Å². The van der Waals surface area contributed by atoms with Crippen molar-refractivity contribution in [1.29, 1.82) is 0 Å². The van der Waals surface area contributed by atoms with Gasteiger partial charge in [0, 0.05) is 0 Å². The molecule has 0 saturated carbocycles. The molecular formula is C11H24O. The van der Waals surface area contributed by atoms with Gasteiger partial charge in [-0.15, -0.1) is 0 Å². The van der Waals surface area contributed by atoms with Gasteiger partial charge in [0.15, 0.2) is 0 Å². The van der Waals surface area contributed by atoms with Crippen LogP contribution >= 0.6 is 0 Å². The van der Waals surface area contributed by atoms with Crippen LogP contribution in [0.5, 0.6) is 0 Å². The lowest BCUT2D eigenvalue weighted by molar-refractivity contribution is 0.0190. The predicted molar refractivity (Wildman–Crippen MR) is 54.2 cm³/mol. The van der Waals surface area contributed by atoms with Crippen molar-refractivity contribution in [3.05, 3.63) is 0 Å². The Morgan fingerprint density at radius 2 is 1.67 bits per heavy atom. The fourth-order valence-corrected chi connectivity index (χ4v) is 1.09. The van der Waals surface area contributed by atoms with Crippen LogP contribution in [0.4, 0.5) is 0 Å². The van der Waals surface area contributed by atoms with Crippen LogP contribution in [-0.2, 0) is 0 Å². The van der Waals surface area contributed by atoms with E-state index in [2.05, 4.69) is 20.8 Å². The van der Waals surface area contributed by atoms with Gasteiger partial charge in [0.25, 0.3) is 0 Å². The van der Waals surface area contributed by atoms with E-state index in [9.17, 15) is 5.11 Å². The van der Waals surface area contributed by atoms with Gasteiger partial charge >= 0.3 is 0 Å². The monoisotopic (exact) mass is 172 g/mol. The Kier molecular flexibility index (Phi) is 4.84. The Balaban J connectivity index is 3.64. The Bertz CT molecular complexity index is 113. The van der Waals surface area contributed by atoms with Crippen molar-refractivity contribution in [2.45, 2.75) is 59.5 Å². The zero-order chi connectivity index (χ0) is 9.78. The second-order valence-corrected chi connectivity index (χ2v) is 4.65. The van der Waals surface area contributed by atoms with Crippen molar-refractivity contribution in [3.63, 3.8) is 0 Å². The second-order valence-electron chi connectivity index (χ2n) is 4.65. The van der Waals surface area contributed by atoms with Crippen LogP contribution in [0.3, 0.4) is 0 Å². The molecule has 0 fully saturated rings. The first-order valence-corrected chi connectivity index (χ1v) is 5.10. The minimum Gasteiger partial charge on any atom is -0.390 e. The molecule has 0 rings (SSSR count). The van der Waals surface area contributed by atoms with Gasteiger partial charge in [0.05, 0.1) is 5.60 Å². The molecule has 12 heavy (non-hydrogen) atoms. The molecule has 0 heterocycles. The van der Waals surface area contributed by atoms with Gasteiger partial charge in [0.1, 0.15) is 0 Å². The molecular weight excluding hydrogens is 148 g/mol. The molecule has 74 valence electrons. The smallest absolute Gasteiger partial charge is 0.0617 e. The topological polar surface area (TPSA) is 20.2 Å². The van der Waals surface area contributed by atoms with Crippen molar-refractivity contribution in [1.82, 2.24) is 0 Å². The molecule has 0 aliphatic heterocycles. The summed E-state index contributed by atoms with van der Waals surface area (Å²) in [6, 6.07) is 0. The highest BCUT2D eigenvalue weighted by atomic mass is 16.3. The van der Waals surface area contributed by atoms with Gasteiger partial charge < -0.3 is 5.11 Å². The van der Waals surface area contributed by atoms with Gasteiger partial charge in [-0.1, -0.05) is 33.6 Å². The van der Waals surface area contributed by atoms with Crippen molar-refractivity contribution < 1.29 is 5.11 Å². The van der Waals surface area contributed by atoms with E-state index in [1.165, 1.54) is 12.8 Å². The van der Waals surface area contributed by atoms with Crippen LogP contribution < -0.4 is 0 Å². The molecule has 0 aromatic heterocycles. The van der Waals surface area contributed by atoms with Gasteiger partial charge in [-0.25, -0.2) is 0 Å². The summed E-state index contributed by atoms with van der Waals surface area (Å²) in [6.07, 6.45) is 3.62. The maximum Gasteiger partial charge on any atom is 0.0617 e. The highest BCUT2D eigenvalue weighted by Gasteiger charge is 2.21. The summed E-state index contributed by atoms with van der Waals surface area (Å²) in [5.74, 6) is 1.21. The normalized spacial score (nSPS) is 17.5. The molecule has 1 nitrogen and oxygen atoms in total. The molecule has 0 bridgehead atoms. The van der Waals surface area contributed by atoms with Gasteiger partial charge in [-0.3, -0.25) is 0 Å². The summed E-state index contributed by atoms with van der Waals surface area (Å²) in [7, 11) is 0. The van der Waals surface area contributed by atoms with Crippen LogP contribution in [0, 0.1) is 11.8 Å². The molecule has 0 aliphatic rings. The minimum absolute atomic E-state index is 0.409. The van der Waals surface area contributed by atoms with Gasteiger partial charge in [0.2, 0.25) is 0 Å². The van der Waals surface area contributed by atoms with E-state index < -0.39 is 5.60 Å². The molecule has 2 atom stereocenters. The van der Waals surface area contributed by atoms with E-state index in [4.69, 9.17) is 0 Å². The molecule has 0 aromatic carbocycles. The highest BCUT2D eigenvalue weighted by Crippen LogP contribution is 2.23. The quantitative estimate of drug-likeness (QED) is 0.675. The van der Waals surface area contributed by atoms with Crippen LogP contribution in [-0.4, -0.2) is 10.7 Å². The molecule has 0 aromatic rings. The second kappa shape index (κ2) is 4.86. The number of hydrogen-bond acceptors (Lipinski definition) is 1. The van der Waals surface area contributed by atoms with Gasteiger partial charge in [-0.2, -0.15) is 0 Å². The third-order valence-corrected chi connectivity index (χ3v) is 3.00. The number of hydrogen-bond donors (Lipinski definition) is 1. The van der Waals surface area contributed by atoms with Gasteiger partial charge in [-0.05, 0) is 32.1 Å². The standard InChI is InChI=1S/C11H24O/c1-6-9(2)7-8-10(3)11(4,5)12/h9-10,12H,6-8H2,1-5H3/t9-,10-/m1/s1. The molecule has 0 radical (unpaired) electrons. The maximum absolute atomic E-state index is 9.67. The third-order valence-electron chi connectivity index (χ3n) is 3.00. The fraction of sp³-hybridized carbons (Fsp3) is 1.00. The van der Waals surface area contributed by atoms with E-state index in [-0.39, 0.29) is 0 Å². The summed E-state index contributed by atoms with van der Waals surface area (Å²) in [4.78, 5) is 0. The fourth-order valence-electron chi connectivity index (χ4n) is 1.09. The molecule has 0 spiro atoms. The van der Waals surface area contributed by atoms with Crippen molar-refractivity contribution in [2.75, 3.05) is 0 Å². The largest absolute Gasteiger partial charge is 0.390 e. The zero-order valence-electron chi connectivity index (χ0n) is 9.22. The molecule has 1 N–H and O–H groups in total. The lowest BCUT2D eigenvalue weighted by Gasteiger charge is -2.26. The predicted octanol–water partition coefficient (Wildman–Crippen LogP) is 3.22. The molecule has 0 aliphatic carbocycles. The lowest BCUT2D eigenvalue weighted by atomic mass is 9.86. The van der Waals surface area contributed by atoms with Crippen LogP contribution in [0.15, 0.2) is 0 Å². The van der Waals surface area contributed by atoms with Crippen LogP contribution in [0.2, 0.25) is 0 Å². The van der Waals surface area contributed by atoms with Crippen LogP contribution in [0.25, 0.3) is 0 Å². The summed E-state index contributed by atoms with van der Waals surface area (Å²) in [5, 5.41) is 9.67. The summed E-state index contributed by atoms with van der Waals surface area (Å²) < 4.78 is 0. The van der Waals surface area contributed by atoms with E-state index in [1.54, 1.807) is 0 Å². The zero-order valence-corrected chi connectivity index (χ0v) is 9.22. The lowest BCUT2D eigenvalue weighted by Crippen LogP contribution is -2.28. The van der Waals surface area contributed by atoms with E-state index >= 15 is 0 Å². The maximum atomic E-state index is 9.67. The van der Waals surface area contributed by atoms with E-state index in [1.807, 2.05) is 13.8 Å². The van der Waals surface area contributed by atoms with E-state index in [0.29, 0.717) is 5.92 Å². The summed E-state index contributed by atoms with van der Waals surface area (Å²) in [5.41, 5.74) is -0.506. The molecule has 0 unspecified atom stereocenters. The number of aliphatic hydroxyl groups is 1. The average molecular weight is 172 g/mol. The first-order chi connectivity index (χ1) is 5.38. The Morgan fingerprint density at radius 3 is 2.00 bits per heavy atom. The van der Waals surface area contributed by atoms with Crippen molar-refractivity contribution in [2.24, 2.45) is 11.8 Å². The molecule has 1 heteroatoms. The minimum atomic E-state index is -0.506. The average Bonchev–Trinajstić information content (AvgIpc) is 1.97. The first kappa shape index (κ1) is 12.0. The molecule has 0 saturated heterocycles. The molecule has 0 amide bonds. The number of rotatable bonds is 5. The summed E-state index contributed by atoms with van der Waals surface area (Å²) >= 11 is 0. The highest BCUT2D eigenvalue weighted by molar-refractivity contribution is 4.73.